The third-order valence-corrected chi connectivity index (χ3v) is 13.8. The second kappa shape index (κ2) is 8.18. The van der Waals surface area contributed by atoms with E-state index in [-0.39, 0.29) is 51.1 Å². The van der Waals surface area contributed by atoms with E-state index in [2.05, 4.69) is 34.6 Å². The summed E-state index contributed by atoms with van der Waals surface area (Å²) in [5, 5.41) is 45.0. The van der Waals surface area contributed by atoms with E-state index in [0.717, 1.165) is 51.4 Å². The Morgan fingerprint density at radius 2 is 1.41 bits per heavy atom. The zero-order chi connectivity index (χ0) is 27.6. The molecule has 0 aromatic heterocycles. The summed E-state index contributed by atoms with van der Waals surface area (Å²) in [6.07, 6.45) is 7.18. The third kappa shape index (κ3) is 3.33. The highest BCUT2D eigenvalue weighted by atomic mass is 16.5. The first-order valence-corrected chi connectivity index (χ1v) is 15.4. The number of aliphatic hydroxyl groups excluding tert-OH is 3. The fourth-order valence-corrected chi connectivity index (χ4v) is 12.1. The zero-order valence-corrected chi connectivity index (χ0v) is 25.1. The molecule has 0 radical (unpaired) electrons. The van der Waals surface area contributed by atoms with Crippen molar-refractivity contribution in [2.24, 2.45) is 44.8 Å². The Labute approximate surface area is 225 Å². The summed E-state index contributed by atoms with van der Waals surface area (Å²) >= 11 is 0. The first kappa shape index (κ1) is 28.3. The molecule has 5 aliphatic carbocycles. The zero-order valence-electron chi connectivity index (χ0n) is 25.1. The first-order chi connectivity index (χ1) is 17.0. The molecular weight excluding hydrogens is 464 g/mol. The van der Waals surface area contributed by atoms with Crippen LogP contribution in [0.15, 0.2) is 0 Å². The van der Waals surface area contributed by atoms with Gasteiger partial charge < -0.3 is 25.2 Å². The molecule has 5 saturated carbocycles. The summed E-state index contributed by atoms with van der Waals surface area (Å²) in [5.41, 5.74) is -1.35. The lowest BCUT2D eigenvalue weighted by Crippen LogP contribution is -2.62. The molecule has 12 atom stereocenters. The van der Waals surface area contributed by atoms with Crippen LogP contribution in [0, 0.1) is 44.8 Å². The summed E-state index contributed by atoms with van der Waals surface area (Å²) in [6, 6.07) is 0. The molecule has 5 heteroatoms. The van der Waals surface area contributed by atoms with Crippen molar-refractivity contribution in [3.63, 3.8) is 0 Å². The molecule has 0 amide bonds. The highest BCUT2D eigenvalue weighted by Gasteiger charge is 2.84. The van der Waals surface area contributed by atoms with Gasteiger partial charge in [0.1, 0.15) is 0 Å². The minimum atomic E-state index is -0.886. The predicted molar refractivity (Wildman–Crippen MR) is 146 cm³/mol. The number of hydrogen-bond donors (Lipinski definition) is 4. The first-order valence-electron chi connectivity index (χ1n) is 15.4. The smallest absolute Gasteiger partial charge is 0.0865 e. The average molecular weight is 521 g/mol. The Balaban J connectivity index is 0.00000137. The molecule has 1 saturated heterocycles. The van der Waals surface area contributed by atoms with E-state index >= 15 is 0 Å². The van der Waals surface area contributed by atoms with Gasteiger partial charge >= 0.3 is 0 Å². The Morgan fingerprint density at radius 1 is 0.757 bits per heavy atom. The second-order valence-corrected chi connectivity index (χ2v) is 15.9. The normalized spacial score (nSPS) is 57.8. The molecule has 4 N–H and O–H groups in total. The van der Waals surface area contributed by atoms with E-state index in [1.54, 1.807) is 0 Å². The van der Waals surface area contributed by atoms with Gasteiger partial charge in [-0.1, -0.05) is 41.5 Å². The second-order valence-electron chi connectivity index (χ2n) is 15.9. The minimum absolute atomic E-state index is 0.0267. The van der Waals surface area contributed by atoms with Crippen LogP contribution in [0.3, 0.4) is 0 Å². The van der Waals surface area contributed by atoms with Gasteiger partial charge in [-0.15, -0.1) is 0 Å². The van der Waals surface area contributed by atoms with Crippen LogP contribution in [0.1, 0.15) is 120 Å². The van der Waals surface area contributed by atoms with E-state index in [1.165, 1.54) is 6.42 Å². The van der Waals surface area contributed by atoms with Gasteiger partial charge in [0.2, 0.25) is 0 Å². The van der Waals surface area contributed by atoms with Crippen LogP contribution in [0.4, 0.5) is 0 Å². The highest BCUT2D eigenvalue weighted by molar-refractivity contribution is 5.33. The van der Waals surface area contributed by atoms with Crippen LogP contribution in [-0.2, 0) is 4.74 Å². The predicted octanol–water partition coefficient (Wildman–Crippen LogP) is 5.46. The summed E-state index contributed by atoms with van der Waals surface area (Å²) in [6.45, 7) is 19.0. The van der Waals surface area contributed by atoms with Gasteiger partial charge in [0.15, 0.2) is 0 Å². The lowest BCUT2D eigenvalue weighted by atomic mass is 9.41. The molecule has 6 aliphatic rings. The van der Waals surface area contributed by atoms with Crippen LogP contribution in [0.25, 0.3) is 0 Å². The largest absolute Gasteiger partial charge is 0.393 e. The highest BCUT2D eigenvalue weighted by Crippen LogP contribution is 2.89. The monoisotopic (exact) mass is 520 g/mol. The minimum Gasteiger partial charge on any atom is -0.393 e. The van der Waals surface area contributed by atoms with Crippen molar-refractivity contribution in [1.29, 1.82) is 0 Å². The van der Waals surface area contributed by atoms with E-state index in [0.29, 0.717) is 5.92 Å². The number of hydrogen-bond acceptors (Lipinski definition) is 5. The number of rotatable bonds is 2. The molecule has 37 heavy (non-hydrogen) atoms. The molecular formula is C32H56O5. The quantitative estimate of drug-likeness (QED) is 0.388. The van der Waals surface area contributed by atoms with Crippen LogP contribution in [0.2, 0.25) is 0 Å². The fourth-order valence-electron chi connectivity index (χ4n) is 12.1. The van der Waals surface area contributed by atoms with Crippen molar-refractivity contribution in [1.82, 2.24) is 0 Å². The van der Waals surface area contributed by atoms with Gasteiger partial charge in [0, 0.05) is 5.92 Å². The van der Waals surface area contributed by atoms with Crippen molar-refractivity contribution in [3.05, 3.63) is 0 Å². The summed E-state index contributed by atoms with van der Waals surface area (Å²) in [4.78, 5) is 0. The van der Waals surface area contributed by atoms with E-state index < -0.39 is 23.4 Å². The number of ether oxygens (including phenoxy) is 1. The van der Waals surface area contributed by atoms with Gasteiger partial charge in [-0.3, -0.25) is 0 Å². The van der Waals surface area contributed by atoms with Crippen LogP contribution >= 0.6 is 0 Å². The molecule has 1 unspecified atom stereocenters. The molecule has 0 aromatic rings. The van der Waals surface area contributed by atoms with E-state index in [4.69, 9.17) is 4.74 Å². The van der Waals surface area contributed by atoms with Crippen LogP contribution < -0.4 is 0 Å². The van der Waals surface area contributed by atoms with Crippen molar-refractivity contribution in [3.8, 4) is 0 Å². The molecule has 6 fully saturated rings. The summed E-state index contributed by atoms with van der Waals surface area (Å²) < 4.78 is 6.66. The molecule has 1 heterocycles. The van der Waals surface area contributed by atoms with E-state index in [1.807, 2.05) is 27.7 Å². The maximum atomic E-state index is 11.7. The number of aliphatic hydroxyl groups is 4. The summed E-state index contributed by atoms with van der Waals surface area (Å²) in [5.74, 6) is 0.577. The average Bonchev–Trinajstić information content (AvgIpc) is 3.15. The topological polar surface area (TPSA) is 90.2 Å². The molecule has 5 nitrogen and oxygen atoms in total. The Kier molecular flexibility index (Phi) is 6.26. The molecule has 6 rings (SSSR count). The Morgan fingerprint density at radius 3 is 2.00 bits per heavy atom. The Hall–Kier alpha value is -0.200. The maximum Gasteiger partial charge on any atom is 0.0865 e. The third-order valence-electron chi connectivity index (χ3n) is 13.8. The lowest BCUT2D eigenvalue weighted by Gasteiger charge is -2.64. The number of fused-ring (bicyclic) bond motifs is 2. The van der Waals surface area contributed by atoms with Gasteiger partial charge in [-0.2, -0.15) is 0 Å². The lowest BCUT2D eigenvalue weighted by molar-refractivity contribution is -0.213. The molecule has 214 valence electrons. The molecule has 2 spiro atoms. The SMILES string of the molecule is CC.CC(C)(O)[C@H]1CC[C@@](C)([C@H]2[C@@H](O)C[C@@]3(C)[C@@H]4C[C@H](O)C5C(C)(C)[C@@H](O)CC[C@@]56C[C@@]46CC[C@]23C)O1. The molecule has 1 aliphatic heterocycles. The van der Waals surface area contributed by atoms with Gasteiger partial charge in [0.05, 0.1) is 35.6 Å². The van der Waals surface area contributed by atoms with Crippen LogP contribution in [0.5, 0.6) is 0 Å². The van der Waals surface area contributed by atoms with E-state index in [9.17, 15) is 20.4 Å². The maximum absolute atomic E-state index is 11.7. The standard InChI is InChI=1S/C30H50O5.C2H6/c1-24(2)20(33)8-11-30-16-29(30)13-12-26(5)23(28(7)10-9-21(35-28)25(3,4)34)18(32)15-27(26,6)19(29)14-17(31)22(24)30;1-2/h17-23,31-34H,8-16H2,1-7H3;1-2H3/t17-,18-,19-,20-,21+,22?,23-,26+,27-,28-,29-,30+;/m0./s1. The van der Waals surface area contributed by atoms with Crippen molar-refractivity contribution in [2.45, 2.75) is 156 Å². The van der Waals surface area contributed by atoms with Crippen molar-refractivity contribution in [2.75, 3.05) is 0 Å². The van der Waals surface area contributed by atoms with Gasteiger partial charge in [0.25, 0.3) is 0 Å². The van der Waals surface area contributed by atoms with Gasteiger partial charge in [-0.25, -0.2) is 0 Å². The summed E-state index contributed by atoms with van der Waals surface area (Å²) in [7, 11) is 0. The van der Waals surface area contributed by atoms with Crippen molar-refractivity contribution >= 4 is 0 Å². The molecule has 0 aromatic carbocycles. The van der Waals surface area contributed by atoms with Gasteiger partial charge in [-0.05, 0) is 117 Å². The molecule has 0 bridgehead atoms. The van der Waals surface area contributed by atoms with Crippen LogP contribution in [-0.4, -0.2) is 56.0 Å². The van der Waals surface area contributed by atoms with Crippen molar-refractivity contribution < 1.29 is 25.2 Å². The fraction of sp³-hybridized carbons (Fsp3) is 1.00. The Bertz CT molecular complexity index is 911.